The average molecular weight is 452 g/mol. The first-order chi connectivity index (χ1) is 14.2. The van der Waals surface area contributed by atoms with Gasteiger partial charge in [0.1, 0.15) is 11.4 Å². The van der Waals surface area contributed by atoms with E-state index in [2.05, 4.69) is 10.00 Å². The number of fused-ring (bicyclic) bond motifs is 1. The molecule has 8 nitrogen and oxygen atoms in total. The zero-order valence-electron chi connectivity index (χ0n) is 17.1. The van der Waals surface area contributed by atoms with E-state index in [-0.39, 0.29) is 18.3 Å². The Labute approximate surface area is 185 Å². The van der Waals surface area contributed by atoms with E-state index in [4.69, 9.17) is 14.5 Å². The van der Waals surface area contributed by atoms with Gasteiger partial charge in [0, 0.05) is 38.9 Å². The Morgan fingerprint density at radius 3 is 2.83 bits per heavy atom. The van der Waals surface area contributed by atoms with E-state index in [1.54, 1.807) is 29.0 Å². The van der Waals surface area contributed by atoms with E-state index in [9.17, 15) is 4.79 Å². The summed E-state index contributed by atoms with van der Waals surface area (Å²) in [6.07, 6.45) is 1.67. The molecule has 0 atom stereocenters. The molecule has 0 aliphatic carbocycles. The van der Waals surface area contributed by atoms with E-state index in [0.29, 0.717) is 23.9 Å². The van der Waals surface area contributed by atoms with Gasteiger partial charge in [-0.2, -0.15) is 5.10 Å². The summed E-state index contributed by atoms with van der Waals surface area (Å²) >= 11 is 1.50. The standard InChI is InChI=1S/C20H25N5O3S.ClH/c1-3-25-17(6-7-21-25)19(26)24(9-8-23-10-12-28-13-11-23)20-22-16-5-4-15(27-2)14-18(16)29-20;/h4-7,14H,3,8-13H2,1-2H3;1H. The summed E-state index contributed by atoms with van der Waals surface area (Å²) in [5.74, 6) is 0.701. The zero-order chi connectivity index (χ0) is 20.2. The number of hydrogen-bond acceptors (Lipinski definition) is 7. The van der Waals surface area contributed by atoms with Gasteiger partial charge in [-0.3, -0.25) is 19.3 Å². The van der Waals surface area contributed by atoms with E-state index in [0.717, 1.165) is 48.8 Å². The van der Waals surface area contributed by atoms with Gasteiger partial charge in [0.2, 0.25) is 0 Å². The molecule has 3 heterocycles. The Hall–Kier alpha value is -2.20. The molecule has 4 rings (SSSR count). The Morgan fingerprint density at radius 2 is 2.10 bits per heavy atom. The van der Waals surface area contributed by atoms with Gasteiger partial charge >= 0.3 is 0 Å². The number of carbonyl (C=O) groups excluding carboxylic acids is 1. The van der Waals surface area contributed by atoms with Gasteiger partial charge in [-0.05, 0) is 31.2 Å². The molecule has 1 saturated heterocycles. The van der Waals surface area contributed by atoms with Crippen LogP contribution in [0.2, 0.25) is 0 Å². The summed E-state index contributed by atoms with van der Waals surface area (Å²) in [6.45, 7) is 7.18. The number of benzene rings is 1. The Morgan fingerprint density at radius 1 is 1.30 bits per heavy atom. The molecule has 3 aromatic rings. The van der Waals surface area contributed by atoms with Gasteiger partial charge in [0.05, 0.1) is 30.5 Å². The molecule has 10 heteroatoms. The average Bonchev–Trinajstić information content (AvgIpc) is 3.40. The fraction of sp³-hybridized carbons (Fsp3) is 0.450. The van der Waals surface area contributed by atoms with Crippen molar-refractivity contribution in [3.63, 3.8) is 0 Å². The Bertz CT molecular complexity index is 986. The molecular weight excluding hydrogens is 426 g/mol. The predicted molar refractivity (Wildman–Crippen MR) is 120 cm³/mol. The quantitative estimate of drug-likeness (QED) is 0.550. The highest BCUT2D eigenvalue weighted by molar-refractivity contribution is 7.22. The van der Waals surface area contributed by atoms with Crippen molar-refractivity contribution in [2.45, 2.75) is 13.5 Å². The number of ether oxygens (including phenoxy) is 2. The number of amides is 1. The molecule has 0 radical (unpaired) electrons. The fourth-order valence-corrected chi connectivity index (χ4v) is 4.41. The lowest BCUT2D eigenvalue weighted by atomic mass is 10.3. The predicted octanol–water partition coefficient (Wildman–Crippen LogP) is 2.92. The molecule has 0 unspecified atom stereocenters. The lowest BCUT2D eigenvalue weighted by Crippen LogP contribution is -2.43. The molecule has 1 aromatic carbocycles. The number of aryl methyl sites for hydroxylation is 1. The van der Waals surface area contributed by atoms with Gasteiger partial charge in [0.25, 0.3) is 5.91 Å². The first-order valence-corrected chi connectivity index (χ1v) is 10.6. The van der Waals surface area contributed by atoms with Gasteiger partial charge < -0.3 is 9.47 Å². The number of anilines is 1. The lowest BCUT2D eigenvalue weighted by Gasteiger charge is -2.29. The number of methoxy groups -OCH3 is 1. The molecule has 0 bridgehead atoms. The highest BCUT2D eigenvalue weighted by Gasteiger charge is 2.25. The lowest BCUT2D eigenvalue weighted by molar-refractivity contribution is 0.0391. The molecule has 1 aliphatic rings. The van der Waals surface area contributed by atoms with Crippen molar-refractivity contribution in [1.29, 1.82) is 0 Å². The molecule has 30 heavy (non-hydrogen) atoms. The molecule has 0 N–H and O–H groups in total. The third-order valence-corrected chi connectivity index (χ3v) is 6.08. The summed E-state index contributed by atoms with van der Waals surface area (Å²) in [5, 5.41) is 4.95. The van der Waals surface area contributed by atoms with Crippen LogP contribution in [-0.4, -0.2) is 72.1 Å². The summed E-state index contributed by atoms with van der Waals surface area (Å²) in [6, 6.07) is 7.54. The maximum Gasteiger partial charge on any atom is 0.278 e. The number of halogens is 1. The van der Waals surface area contributed by atoms with Gasteiger partial charge in [-0.15, -0.1) is 12.4 Å². The summed E-state index contributed by atoms with van der Waals surface area (Å²) in [7, 11) is 1.65. The van der Waals surface area contributed by atoms with Crippen LogP contribution in [0, 0.1) is 0 Å². The van der Waals surface area contributed by atoms with Crippen LogP contribution < -0.4 is 9.64 Å². The first-order valence-electron chi connectivity index (χ1n) is 9.78. The van der Waals surface area contributed by atoms with Crippen molar-refractivity contribution in [1.82, 2.24) is 19.7 Å². The van der Waals surface area contributed by atoms with Crippen molar-refractivity contribution in [2.75, 3.05) is 51.4 Å². The largest absolute Gasteiger partial charge is 0.497 e. The second-order valence-electron chi connectivity index (χ2n) is 6.77. The van der Waals surface area contributed by atoms with Crippen molar-refractivity contribution >= 4 is 45.0 Å². The Balaban J connectivity index is 0.00000256. The number of rotatable bonds is 7. The van der Waals surface area contributed by atoms with Crippen LogP contribution in [0.5, 0.6) is 5.75 Å². The van der Waals surface area contributed by atoms with Crippen LogP contribution in [0.15, 0.2) is 30.5 Å². The van der Waals surface area contributed by atoms with Crippen LogP contribution in [-0.2, 0) is 11.3 Å². The number of thiazole rings is 1. The number of morpholine rings is 1. The normalized spacial score (nSPS) is 14.5. The molecule has 2 aromatic heterocycles. The summed E-state index contributed by atoms with van der Waals surface area (Å²) in [4.78, 5) is 22.2. The smallest absolute Gasteiger partial charge is 0.278 e. The molecular formula is C20H26ClN5O3S. The molecule has 1 amide bonds. The Kier molecular flexibility index (Phi) is 7.65. The monoisotopic (exact) mass is 451 g/mol. The minimum Gasteiger partial charge on any atom is -0.497 e. The van der Waals surface area contributed by atoms with E-state index in [1.165, 1.54) is 11.3 Å². The SMILES string of the molecule is CCn1nccc1C(=O)N(CCN1CCOCC1)c1nc2ccc(OC)cc2s1.Cl. The first kappa shape index (κ1) is 22.5. The highest BCUT2D eigenvalue weighted by Crippen LogP contribution is 2.32. The minimum atomic E-state index is -0.0800. The van der Waals surface area contributed by atoms with Crippen LogP contribution in [0.1, 0.15) is 17.4 Å². The molecule has 0 saturated carbocycles. The zero-order valence-corrected chi connectivity index (χ0v) is 18.7. The van der Waals surface area contributed by atoms with Crippen molar-refractivity contribution < 1.29 is 14.3 Å². The number of nitrogens with zero attached hydrogens (tertiary/aromatic N) is 5. The van der Waals surface area contributed by atoms with Gasteiger partial charge in [-0.1, -0.05) is 11.3 Å². The van der Waals surface area contributed by atoms with Crippen molar-refractivity contribution in [2.24, 2.45) is 0 Å². The van der Waals surface area contributed by atoms with Crippen LogP contribution in [0.3, 0.4) is 0 Å². The van der Waals surface area contributed by atoms with Crippen molar-refractivity contribution in [3.05, 3.63) is 36.2 Å². The maximum atomic E-state index is 13.4. The molecule has 0 spiro atoms. The van der Waals surface area contributed by atoms with Crippen LogP contribution >= 0.6 is 23.7 Å². The number of hydrogen-bond donors (Lipinski definition) is 0. The number of aromatic nitrogens is 3. The van der Waals surface area contributed by atoms with Gasteiger partial charge in [-0.25, -0.2) is 4.98 Å². The summed E-state index contributed by atoms with van der Waals surface area (Å²) < 4.78 is 13.5. The van der Waals surface area contributed by atoms with E-state index in [1.807, 2.05) is 25.1 Å². The van der Waals surface area contributed by atoms with Crippen LogP contribution in [0.4, 0.5) is 5.13 Å². The second kappa shape index (κ2) is 10.2. The fourth-order valence-electron chi connectivity index (χ4n) is 3.39. The van der Waals surface area contributed by atoms with Gasteiger partial charge in [0.15, 0.2) is 5.13 Å². The van der Waals surface area contributed by atoms with E-state index >= 15 is 0 Å². The van der Waals surface area contributed by atoms with E-state index < -0.39 is 0 Å². The molecule has 1 fully saturated rings. The molecule has 162 valence electrons. The maximum absolute atomic E-state index is 13.4. The third-order valence-electron chi connectivity index (χ3n) is 5.04. The highest BCUT2D eigenvalue weighted by atomic mass is 35.5. The number of carbonyl (C=O) groups is 1. The van der Waals surface area contributed by atoms with Crippen LogP contribution in [0.25, 0.3) is 10.2 Å². The van der Waals surface area contributed by atoms with Crippen molar-refractivity contribution in [3.8, 4) is 5.75 Å². The molecule has 1 aliphatic heterocycles. The topological polar surface area (TPSA) is 72.7 Å². The minimum absolute atomic E-state index is 0. The second-order valence-corrected chi connectivity index (χ2v) is 7.78. The third kappa shape index (κ3) is 4.75. The summed E-state index contributed by atoms with van der Waals surface area (Å²) in [5.41, 5.74) is 1.44.